The highest BCUT2D eigenvalue weighted by Gasteiger charge is 2.37. The molecule has 0 saturated carbocycles. The molecule has 0 spiro atoms. The molecule has 4 rings (SSSR count). The smallest absolute Gasteiger partial charge is 0.416 e. The van der Waals surface area contributed by atoms with Crippen LogP contribution in [0.5, 0.6) is 0 Å². The molecule has 45 heavy (non-hydrogen) atoms. The number of aromatic nitrogens is 4. The predicted molar refractivity (Wildman–Crippen MR) is 158 cm³/mol. The largest absolute Gasteiger partial charge is 0.481 e. The van der Waals surface area contributed by atoms with Crippen LogP contribution in [0.25, 0.3) is 0 Å². The maximum atomic E-state index is 13.6. The van der Waals surface area contributed by atoms with E-state index in [0.717, 1.165) is 48.2 Å². The summed E-state index contributed by atoms with van der Waals surface area (Å²) in [5.74, 6) is -0.771. The fourth-order valence-electron chi connectivity index (χ4n) is 5.66. The third kappa shape index (κ3) is 9.24. The number of hydrogen-bond donors (Lipinski definition) is 2. The maximum absolute atomic E-state index is 13.6. The third-order valence-electron chi connectivity index (χ3n) is 7.85. The standard InChI is InChI=1S/C30H36F6N6O2.ClH/c1-5-41(18-28(2,3)10-9-26(43)44)25-14-21-8-6-7-20(21)13-22(25)17-42(27-37-39-40(4)38-27)16-19-11-23(29(31,32)33)15-24(12-19)30(34,35)36;/h11-15H,5-10,16-18H2,1-4H3,(H,43,44);1H/p+1. The number of H-pyrrole nitrogens is 1. The Balaban J connectivity index is 0.00000552. The molecule has 0 atom stereocenters. The van der Waals surface area contributed by atoms with Crippen LogP contribution in [-0.2, 0) is 50.1 Å². The van der Waals surface area contributed by atoms with Gasteiger partial charge in [-0.05, 0) is 89.8 Å². The number of carboxylic acid groups (broad SMARTS) is 1. The van der Waals surface area contributed by atoms with Gasteiger partial charge in [-0.3, -0.25) is 4.79 Å². The van der Waals surface area contributed by atoms with Gasteiger partial charge in [0.05, 0.1) is 22.8 Å². The number of nitrogens with one attached hydrogen (secondary N) is 1. The van der Waals surface area contributed by atoms with Gasteiger partial charge in [0.1, 0.15) is 7.05 Å². The lowest BCUT2D eigenvalue weighted by molar-refractivity contribution is -0.783. The van der Waals surface area contributed by atoms with Crippen LogP contribution in [0.4, 0.5) is 38.0 Å². The molecule has 248 valence electrons. The Kier molecular flexibility index (Phi) is 11.0. The molecule has 0 saturated heterocycles. The lowest BCUT2D eigenvalue weighted by Gasteiger charge is -2.35. The number of carbonyl (C=O) groups is 1. The van der Waals surface area contributed by atoms with Crippen LogP contribution in [0, 0.1) is 5.41 Å². The number of rotatable bonds is 12. The number of alkyl halides is 6. The summed E-state index contributed by atoms with van der Waals surface area (Å²) >= 11 is 0. The molecule has 15 heteroatoms. The summed E-state index contributed by atoms with van der Waals surface area (Å²) in [4.78, 5) is 16.2. The Morgan fingerprint density at radius 2 is 1.56 bits per heavy atom. The first kappa shape index (κ1) is 35.9. The summed E-state index contributed by atoms with van der Waals surface area (Å²) in [5, 5.41) is 20.3. The molecule has 0 aliphatic heterocycles. The number of aryl methyl sites for hydroxylation is 3. The highest BCUT2D eigenvalue weighted by Crippen LogP contribution is 2.38. The first-order chi connectivity index (χ1) is 20.4. The molecule has 2 N–H and O–H groups in total. The zero-order chi connectivity index (χ0) is 32.4. The zero-order valence-corrected chi connectivity index (χ0v) is 26.3. The van der Waals surface area contributed by atoms with Crippen LogP contribution in [-0.4, -0.2) is 39.6 Å². The number of aliphatic carboxylic acids is 1. The molecule has 3 aromatic rings. The van der Waals surface area contributed by atoms with Crippen molar-refractivity contribution in [2.24, 2.45) is 12.5 Å². The van der Waals surface area contributed by atoms with Crippen LogP contribution < -0.4 is 14.6 Å². The second-order valence-electron chi connectivity index (χ2n) is 12.1. The van der Waals surface area contributed by atoms with Gasteiger partial charge in [-0.15, -0.1) is 12.4 Å². The summed E-state index contributed by atoms with van der Waals surface area (Å²) < 4.78 is 81.8. The Morgan fingerprint density at radius 3 is 2.07 bits per heavy atom. The molecule has 0 bridgehead atoms. The maximum Gasteiger partial charge on any atom is 0.416 e. The van der Waals surface area contributed by atoms with Gasteiger partial charge in [0.15, 0.2) is 0 Å². The number of nitrogens with zero attached hydrogens (tertiary/aromatic N) is 5. The van der Waals surface area contributed by atoms with E-state index in [4.69, 9.17) is 0 Å². The Morgan fingerprint density at radius 1 is 0.956 bits per heavy atom. The van der Waals surface area contributed by atoms with Crippen molar-refractivity contribution >= 4 is 30.0 Å². The molecular weight excluding hydrogens is 626 g/mol. The average molecular weight is 664 g/mol. The van der Waals surface area contributed by atoms with Crippen molar-refractivity contribution in [3.8, 4) is 0 Å². The Labute approximate surface area is 263 Å². The first-order valence-corrected chi connectivity index (χ1v) is 14.4. The summed E-state index contributed by atoms with van der Waals surface area (Å²) in [6.07, 6.45) is -6.74. The molecule has 0 fully saturated rings. The zero-order valence-electron chi connectivity index (χ0n) is 25.5. The van der Waals surface area contributed by atoms with E-state index in [-0.39, 0.29) is 54.9 Å². The van der Waals surface area contributed by atoms with E-state index in [1.165, 1.54) is 10.4 Å². The number of aromatic amines is 1. The van der Waals surface area contributed by atoms with E-state index in [9.17, 15) is 36.2 Å². The molecule has 0 amide bonds. The van der Waals surface area contributed by atoms with E-state index in [1.54, 1.807) is 11.9 Å². The number of fused-ring (bicyclic) bond motifs is 1. The number of anilines is 2. The second kappa shape index (κ2) is 13.8. The van der Waals surface area contributed by atoms with Gasteiger partial charge in [-0.25, -0.2) is 0 Å². The first-order valence-electron chi connectivity index (χ1n) is 14.4. The number of carboxylic acids is 1. The molecule has 2 aromatic carbocycles. The van der Waals surface area contributed by atoms with Crippen LogP contribution >= 0.6 is 12.4 Å². The highest BCUT2D eigenvalue weighted by atomic mass is 35.5. The minimum atomic E-state index is -4.97. The topological polar surface area (TPSA) is 89.2 Å². The second-order valence-corrected chi connectivity index (χ2v) is 12.1. The van der Waals surface area contributed by atoms with E-state index in [1.807, 2.05) is 20.8 Å². The van der Waals surface area contributed by atoms with Gasteiger partial charge in [0, 0.05) is 36.8 Å². The summed E-state index contributed by atoms with van der Waals surface area (Å²) in [6, 6.07) is 5.72. The molecular formula is C30H38ClF6N6O2+. The van der Waals surface area contributed by atoms with Crippen LogP contribution in [0.15, 0.2) is 30.3 Å². The number of halogens is 7. The minimum Gasteiger partial charge on any atom is -0.481 e. The van der Waals surface area contributed by atoms with Gasteiger partial charge >= 0.3 is 24.3 Å². The Bertz CT molecular complexity index is 1460. The van der Waals surface area contributed by atoms with Gasteiger partial charge < -0.3 is 14.9 Å². The summed E-state index contributed by atoms with van der Waals surface area (Å²) in [6.45, 7) is 6.90. The SMILES string of the molecule is CCN(CC(C)(C)CCC(=O)O)c1cc2c(cc1CN(Cc1cc(C(F)(F)F)cc(C(F)(F)F)c1)c1n[nH][n+](C)n1)CCC2.Cl. The Hall–Kier alpha value is -3.55. The lowest BCUT2D eigenvalue weighted by Crippen LogP contribution is -2.36. The highest BCUT2D eigenvalue weighted by molar-refractivity contribution is 5.85. The fourth-order valence-corrected chi connectivity index (χ4v) is 5.66. The van der Waals surface area contributed by atoms with Crippen LogP contribution in [0.1, 0.15) is 73.4 Å². The average Bonchev–Trinajstić information content (AvgIpc) is 3.57. The predicted octanol–water partition coefficient (Wildman–Crippen LogP) is 6.50. The molecule has 1 aliphatic rings. The van der Waals surface area contributed by atoms with E-state index >= 15 is 0 Å². The van der Waals surface area contributed by atoms with Crippen molar-refractivity contribution in [1.29, 1.82) is 0 Å². The van der Waals surface area contributed by atoms with Crippen LogP contribution in [0.2, 0.25) is 0 Å². The molecule has 1 aromatic heterocycles. The quantitative estimate of drug-likeness (QED) is 0.170. The van der Waals surface area contributed by atoms with Crippen LogP contribution in [0.3, 0.4) is 0 Å². The third-order valence-corrected chi connectivity index (χ3v) is 7.85. The molecule has 0 unspecified atom stereocenters. The van der Waals surface area contributed by atoms with E-state index in [0.29, 0.717) is 19.5 Å². The number of hydrogen-bond acceptors (Lipinski definition) is 5. The van der Waals surface area contributed by atoms with E-state index in [2.05, 4.69) is 32.4 Å². The molecule has 1 heterocycles. The fraction of sp³-hybridized carbons (Fsp3) is 0.533. The number of tetrazole rings is 1. The van der Waals surface area contributed by atoms with Crippen molar-refractivity contribution in [2.45, 2.75) is 78.3 Å². The van der Waals surface area contributed by atoms with Gasteiger partial charge in [0.25, 0.3) is 0 Å². The monoisotopic (exact) mass is 663 g/mol. The van der Waals surface area contributed by atoms with Gasteiger partial charge in [-0.1, -0.05) is 24.7 Å². The van der Waals surface area contributed by atoms with Crippen molar-refractivity contribution < 1.29 is 41.0 Å². The van der Waals surface area contributed by atoms with Crippen molar-refractivity contribution in [3.05, 3.63) is 63.7 Å². The van der Waals surface area contributed by atoms with Crippen molar-refractivity contribution in [3.63, 3.8) is 0 Å². The molecule has 1 aliphatic carbocycles. The van der Waals surface area contributed by atoms with Crippen molar-refractivity contribution in [2.75, 3.05) is 22.9 Å². The normalized spacial score (nSPS) is 13.4. The number of benzene rings is 2. The van der Waals surface area contributed by atoms with Gasteiger partial charge in [-0.2, -0.15) is 26.3 Å². The van der Waals surface area contributed by atoms with E-state index < -0.39 is 29.4 Å². The van der Waals surface area contributed by atoms with Crippen molar-refractivity contribution in [1.82, 2.24) is 15.4 Å². The lowest BCUT2D eigenvalue weighted by atomic mass is 9.86. The summed E-state index contributed by atoms with van der Waals surface area (Å²) in [7, 11) is 1.57. The minimum absolute atomic E-state index is 0. The van der Waals surface area contributed by atoms with Gasteiger partial charge in [0.2, 0.25) is 0 Å². The molecule has 0 radical (unpaired) electrons. The molecule has 8 nitrogen and oxygen atoms in total. The summed E-state index contributed by atoms with van der Waals surface area (Å²) in [5.41, 5.74) is 0.706.